The summed E-state index contributed by atoms with van der Waals surface area (Å²) in [6.45, 7) is 3.57. The van der Waals surface area contributed by atoms with Crippen molar-refractivity contribution in [3.8, 4) is 11.5 Å². The van der Waals surface area contributed by atoms with Crippen LogP contribution in [0.5, 0.6) is 11.5 Å². The molecule has 0 saturated carbocycles. The predicted octanol–water partition coefficient (Wildman–Crippen LogP) is 3.65. The lowest BCUT2D eigenvalue weighted by molar-refractivity contribution is 0.297. The molecule has 1 aliphatic rings. The first-order valence-corrected chi connectivity index (χ1v) is 6.54. The number of fused-ring (bicyclic) bond motifs is 1. The van der Waals surface area contributed by atoms with Crippen LogP contribution in [0.4, 0.5) is 0 Å². The van der Waals surface area contributed by atoms with Crippen molar-refractivity contribution in [2.75, 3.05) is 18.5 Å². The quantitative estimate of drug-likeness (QED) is 0.771. The summed E-state index contributed by atoms with van der Waals surface area (Å²) in [7, 11) is 0. The van der Waals surface area contributed by atoms with Crippen LogP contribution >= 0.6 is 15.9 Å². The van der Waals surface area contributed by atoms with E-state index in [1.165, 1.54) is 5.57 Å². The van der Waals surface area contributed by atoms with Crippen molar-refractivity contribution in [2.24, 2.45) is 0 Å². The first kappa shape index (κ1) is 11.5. The maximum absolute atomic E-state index is 5.64. The number of allylic oxidation sites excluding steroid dienone is 1. The highest BCUT2D eigenvalue weighted by Crippen LogP contribution is 2.31. The molecule has 1 aromatic rings. The molecule has 0 spiro atoms. The molecule has 0 fully saturated rings. The molecule has 16 heavy (non-hydrogen) atoms. The number of ether oxygens (including phenoxy) is 2. The van der Waals surface area contributed by atoms with Gasteiger partial charge in [-0.1, -0.05) is 33.6 Å². The molecule has 0 aromatic heterocycles. The zero-order valence-electron chi connectivity index (χ0n) is 9.33. The van der Waals surface area contributed by atoms with E-state index in [4.69, 9.17) is 9.47 Å². The number of benzene rings is 1. The predicted molar refractivity (Wildman–Crippen MR) is 69.5 cm³/mol. The van der Waals surface area contributed by atoms with Gasteiger partial charge in [0.25, 0.3) is 0 Å². The highest BCUT2D eigenvalue weighted by Gasteiger charge is 2.09. The normalized spacial score (nSPS) is 15.8. The second kappa shape index (κ2) is 5.39. The van der Waals surface area contributed by atoms with Crippen molar-refractivity contribution in [3.05, 3.63) is 29.3 Å². The molecule has 0 atom stereocenters. The lowest BCUT2D eigenvalue weighted by atomic mass is 10.1. The minimum Gasteiger partial charge on any atom is -0.490 e. The minimum atomic E-state index is 0.734. The van der Waals surface area contributed by atoms with Crippen molar-refractivity contribution < 1.29 is 9.47 Å². The standard InChI is InChI=1S/C13H15BrO2/c1-10(9-14)7-11-3-4-12-13(8-11)16-6-2-5-15-12/h3-4,7-8H,2,5-6,9H2,1H3. The molecule has 0 bridgehead atoms. The molecule has 2 nitrogen and oxygen atoms in total. The van der Waals surface area contributed by atoms with Crippen LogP contribution in [0.1, 0.15) is 18.9 Å². The van der Waals surface area contributed by atoms with Gasteiger partial charge in [-0.05, 0) is 24.6 Å². The van der Waals surface area contributed by atoms with Gasteiger partial charge in [0.05, 0.1) is 13.2 Å². The van der Waals surface area contributed by atoms with Gasteiger partial charge in [0.2, 0.25) is 0 Å². The number of halogens is 1. The fraction of sp³-hybridized carbons (Fsp3) is 0.385. The van der Waals surface area contributed by atoms with E-state index in [0.29, 0.717) is 0 Å². The summed E-state index contributed by atoms with van der Waals surface area (Å²) in [6.07, 6.45) is 3.09. The Morgan fingerprint density at radius 2 is 2.06 bits per heavy atom. The Labute approximate surface area is 104 Å². The van der Waals surface area contributed by atoms with Crippen LogP contribution in [0.15, 0.2) is 23.8 Å². The third-order valence-corrected chi connectivity index (χ3v) is 3.28. The monoisotopic (exact) mass is 282 g/mol. The van der Waals surface area contributed by atoms with E-state index in [-0.39, 0.29) is 0 Å². The lowest BCUT2D eigenvalue weighted by Gasteiger charge is -2.07. The number of alkyl halides is 1. The van der Waals surface area contributed by atoms with Crippen LogP contribution in [0.3, 0.4) is 0 Å². The van der Waals surface area contributed by atoms with E-state index in [9.17, 15) is 0 Å². The van der Waals surface area contributed by atoms with Crippen molar-refractivity contribution in [1.82, 2.24) is 0 Å². The Morgan fingerprint density at radius 3 is 2.81 bits per heavy atom. The van der Waals surface area contributed by atoms with Crippen molar-refractivity contribution in [1.29, 1.82) is 0 Å². The van der Waals surface area contributed by atoms with Crippen LogP contribution in [0.2, 0.25) is 0 Å². The molecule has 1 heterocycles. The summed E-state index contributed by atoms with van der Waals surface area (Å²) in [5, 5.41) is 0.890. The van der Waals surface area contributed by atoms with Crippen LogP contribution in [0.25, 0.3) is 6.08 Å². The molecule has 0 N–H and O–H groups in total. The number of hydrogen-bond acceptors (Lipinski definition) is 2. The molecule has 1 aliphatic heterocycles. The summed E-state index contributed by atoms with van der Waals surface area (Å²) >= 11 is 3.44. The molecule has 3 heteroatoms. The van der Waals surface area contributed by atoms with Gasteiger partial charge in [0.15, 0.2) is 11.5 Å². The largest absolute Gasteiger partial charge is 0.490 e. The SMILES string of the molecule is CC(=Cc1ccc2c(c1)OCCCO2)CBr. The molecule has 2 rings (SSSR count). The third kappa shape index (κ3) is 2.79. The summed E-state index contributed by atoms with van der Waals surface area (Å²) in [4.78, 5) is 0. The van der Waals surface area contributed by atoms with Gasteiger partial charge >= 0.3 is 0 Å². The summed E-state index contributed by atoms with van der Waals surface area (Å²) < 4.78 is 11.2. The van der Waals surface area contributed by atoms with Crippen LogP contribution in [0, 0.1) is 0 Å². The highest BCUT2D eigenvalue weighted by atomic mass is 79.9. The number of hydrogen-bond donors (Lipinski definition) is 0. The molecule has 0 saturated heterocycles. The molecule has 0 radical (unpaired) electrons. The molecular formula is C13H15BrO2. The van der Waals surface area contributed by atoms with E-state index in [0.717, 1.165) is 42.0 Å². The van der Waals surface area contributed by atoms with E-state index < -0.39 is 0 Å². The number of rotatable bonds is 2. The first-order chi connectivity index (χ1) is 7.79. The Kier molecular flexibility index (Phi) is 3.88. The molecular weight excluding hydrogens is 268 g/mol. The average molecular weight is 283 g/mol. The summed E-state index contributed by atoms with van der Waals surface area (Å²) in [5.41, 5.74) is 2.44. The maximum atomic E-state index is 5.64. The first-order valence-electron chi connectivity index (χ1n) is 5.42. The second-order valence-electron chi connectivity index (χ2n) is 3.88. The van der Waals surface area contributed by atoms with Gasteiger partial charge in [-0.2, -0.15) is 0 Å². The maximum Gasteiger partial charge on any atom is 0.161 e. The Bertz CT molecular complexity index is 399. The van der Waals surface area contributed by atoms with Gasteiger partial charge in [0.1, 0.15) is 0 Å². The zero-order valence-corrected chi connectivity index (χ0v) is 10.9. The summed E-state index contributed by atoms with van der Waals surface area (Å²) in [6, 6.07) is 6.07. The van der Waals surface area contributed by atoms with Gasteiger partial charge in [0, 0.05) is 11.8 Å². The van der Waals surface area contributed by atoms with Crippen LogP contribution in [-0.4, -0.2) is 18.5 Å². The topological polar surface area (TPSA) is 18.5 Å². The molecule has 1 aromatic carbocycles. The molecule has 0 amide bonds. The van der Waals surface area contributed by atoms with E-state index in [1.54, 1.807) is 0 Å². The van der Waals surface area contributed by atoms with Gasteiger partial charge < -0.3 is 9.47 Å². The zero-order chi connectivity index (χ0) is 11.4. The van der Waals surface area contributed by atoms with Crippen LogP contribution in [-0.2, 0) is 0 Å². The van der Waals surface area contributed by atoms with E-state index in [2.05, 4.69) is 35.0 Å². The van der Waals surface area contributed by atoms with Gasteiger partial charge in [-0.3, -0.25) is 0 Å². The fourth-order valence-corrected chi connectivity index (χ4v) is 1.75. The average Bonchev–Trinajstić information content (AvgIpc) is 2.53. The highest BCUT2D eigenvalue weighted by molar-refractivity contribution is 9.09. The van der Waals surface area contributed by atoms with Crippen molar-refractivity contribution in [2.45, 2.75) is 13.3 Å². The van der Waals surface area contributed by atoms with E-state index >= 15 is 0 Å². The minimum absolute atomic E-state index is 0.734. The fourth-order valence-electron chi connectivity index (χ4n) is 1.59. The van der Waals surface area contributed by atoms with E-state index in [1.807, 2.05) is 12.1 Å². The smallest absolute Gasteiger partial charge is 0.161 e. The Morgan fingerprint density at radius 1 is 1.31 bits per heavy atom. The Balaban J connectivity index is 2.27. The molecule has 0 unspecified atom stereocenters. The Hall–Kier alpha value is -0.960. The van der Waals surface area contributed by atoms with Gasteiger partial charge in [-0.15, -0.1) is 0 Å². The van der Waals surface area contributed by atoms with Crippen molar-refractivity contribution in [3.63, 3.8) is 0 Å². The van der Waals surface area contributed by atoms with Gasteiger partial charge in [-0.25, -0.2) is 0 Å². The molecule has 0 aliphatic carbocycles. The third-order valence-electron chi connectivity index (χ3n) is 2.40. The summed E-state index contributed by atoms with van der Waals surface area (Å²) in [5.74, 6) is 1.71. The molecule has 86 valence electrons. The second-order valence-corrected chi connectivity index (χ2v) is 4.44. The van der Waals surface area contributed by atoms with Crippen molar-refractivity contribution >= 4 is 22.0 Å². The van der Waals surface area contributed by atoms with Crippen LogP contribution < -0.4 is 9.47 Å². The lowest BCUT2D eigenvalue weighted by Crippen LogP contribution is -1.97.